The molecule has 2 N–H and O–H groups in total. The Bertz CT molecular complexity index is 398. The minimum absolute atomic E-state index is 0.337. The van der Waals surface area contributed by atoms with Gasteiger partial charge in [0.2, 0.25) is 0 Å². The lowest BCUT2D eigenvalue weighted by Crippen LogP contribution is -2.16. The first-order valence-electron chi connectivity index (χ1n) is 7.96. The van der Waals surface area contributed by atoms with Gasteiger partial charge in [-0.3, -0.25) is 0 Å². The van der Waals surface area contributed by atoms with Gasteiger partial charge in [0.05, 0.1) is 12.7 Å². The lowest BCUT2D eigenvalue weighted by Gasteiger charge is -2.20. The Morgan fingerprint density at radius 1 is 1.15 bits per heavy atom. The molecule has 112 valence electrons. The molecule has 0 spiro atoms. The van der Waals surface area contributed by atoms with Crippen molar-refractivity contribution in [3.8, 4) is 11.5 Å². The average molecular weight is 277 g/mol. The van der Waals surface area contributed by atoms with Gasteiger partial charge in [-0.2, -0.15) is 0 Å². The first-order valence-corrected chi connectivity index (χ1v) is 7.96. The van der Waals surface area contributed by atoms with Crippen LogP contribution in [0.15, 0.2) is 18.2 Å². The SMILES string of the molecule is CCCOc1ccc(CN)c(OC2CCCCCC2)c1. The van der Waals surface area contributed by atoms with Crippen LogP contribution in [0.5, 0.6) is 11.5 Å². The number of rotatable bonds is 6. The van der Waals surface area contributed by atoms with Crippen molar-refractivity contribution in [2.45, 2.75) is 64.5 Å². The van der Waals surface area contributed by atoms with E-state index in [1.165, 1.54) is 25.7 Å². The summed E-state index contributed by atoms with van der Waals surface area (Å²) in [4.78, 5) is 0. The molecule has 20 heavy (non-hydrogen) atoms. The Balaban J connectivity index is 2.06. The summed E-state index contributed by atoms with van der Waals surface area (Å²) in [5.74, 6) is 1.79. The summed E-state index contributed by atoms with van der Waals surface area (Å²) in [7, 11) is 0. The van der Waals surface area contributed by atoms with Crippen LogP contribution < -0.4 is 15.2 Å². The summed E-state index contributed by atoms with van der Waals surface area (Å²) in [6, 6.07) is 6.01. The first-order chi connectivity index (χ1) is 9.83. The fraction of sp³-hybridized carbons (Fsp3) is 0.647. The quantitative estimate of drug-likeness (QED) is 0.798. The molecule has 0 saturated heterocycles. The molecule has 2 rings (SSSR count). The summed E-state index contributed by atoms with van der Waals surface area (Å²) in [5.41, 5.74) is 6.88. The molecule has 0 aromatic heterocycles. The van der Waals surface area contributed by atoms with Crippen LogP contribution in [0.1, 0.15) is 57.4 Å². The number of nitrogens with two attached hydrogens (primary N) is 1. The maximum Gasteiger partial charge on any atom is 0.127 e. The van der Waals surface area contributed by atoms with Gasteiger partial charge >= 0.3 is 0 Å². The zero-order chi connectivity index (χ0) is 14.2. The molecule has 3 heteroatoms. The van der Waals surface area contributed by atoms with Crippen LogP contribution in [0.4, 0.5) is 0 Å². The van der Waals surface area contributed by atoms with E-state index in [2.05, 4.69) is 6.92 Å². The zero-order valence-corrected chi connectivity index (χ0v) is 12.6. The summed E-state index contributed by atoms with van der Waals surface area (Å²) in [6.07, 6.45) is 8.88. The van der Waals surface area contributed by atoms with E-state index in [1.54, 1.807) is 0 Å². The third-order valence-electron chi connectivity index (χ3n) is 3.83. The predicted molar refractivity (Wildman–Crippen MR) is 82.2 cm³/mol. The monoisotopic (exact) mass is 277 g/mol. The van der Waals surface area contributed by atoms with E-state index in [0.717, 1.165) is 42.9 Å². The Hall–Kier alpha value is -1.22. The molecule has 3 nitrogen and oxygen atoms in total. The summed E-state index contributed by atoms with van der Waals surface area (Å²) < 4.78 is 11.9. The molecule has 0 heterocycles. The van der Waals surface area contributed by atoms with Crippen molar-refractivity contribution in [3.63, 3.8) is 0 Å². The molecule has 0 radical (unpaired) electrons. The molecular weight excluding hydrogens is 250 g/mol. The second kappa shape index (κ2) is 8.15. The van der Waals surface area contributed by atoms with Crippen LogP contribution in [0.2, 0.25) is 0 Å². The van der Waals surface area contributed by atoms with E-state index in [9.17, 15) is 0 Å². The van der Waals surface area contributed by atoms with Crippen molar-refractivity contribution in [1.82, 2.24) is 0 Å². The van der Waals surface area contributed by atoms with Crippen LogP contribution in [-0.4, -0.2) is 12.7 Å². The van der Waals surface area contributed by atoms with Gasteiger partial charge in [0.25, 0.3) is 0 Å². The highest BCUT2D eigenvalue weighted by atomic mass is 16.5. The molecule has 0 aliphatic heterocycles. The predicted octanol–water partition coefficient (Wildman–Crippen LogP) is 4.04. The van der Waals surface area contributed by atoms with Crippen LogP contribution in [0.3, 0.4) is 0 Å². The molecule has 1 saturated carbocycles. The minimum Gasteiger partial charge on any atom is -0.493 e. The van der Waals surface area contributed by atoms with E-state index < -0.39 is 0 Å². The highest BCUT2D eigenvalue weighted by molar-refractivity contribution is 5.40. The van der Waals surface area contributed by atoms with Gasteiger partial charge in [-0.1, -0.05) is 25.8 Å². The van der Waals surface area contributed by atoms with Crippen LogP contribution >= 0.6 is 0 Å². The number of benzene rings is 1. The largest absolute Gasteiger partial charge is 0.493 e. The first kappa shape index (κ1) is 15.2. The van der Waals surface area contributed by atoms with E-state index >= 15 is 0 Å². The van der Waals surface area contributed by atoms with E-state index in [4.69, 9.17) is 15.2 Å². The van der Waals surface area contributed by atoms with Crippen molar-refractivity contribution in [3.05, 3.63) is 23.8 Å². The van der Waals surface area contributed by atoms with Crippen LogP contribution in [0, 0.1) is 0 Å². The Morgan fingerprint density at radius 3 is 2.55 bits per heavy atom. The maximum absolute atomic E-state index is 6.22. The van der Waals surface area contributed by atoms with Crippen molar-refractivity contribution in [1.29, 1.82) is 0 Å². The fourth-order valence-corrected chi connectivity index (χ4v) is 2.66. The fourth-order valence-electron chi connectivity index (χ4n) is 2.66. The lowest BCUT2D eigenvalue weighted by molar-refractivity contribution is 0.181. The summed E-state index contributed by atoms with van der Waals surface area (Å²) >= 11 is 0. The van der Waals surface area contributed by atoms with Gasteiger partial charge in [0.1, 0.15) is 11.5 Å². The highest BCUT2D eigenvalue weighted by Crippen LogP contribution is 2.29. The van der Waals surface area contributed by atoms with Gasteiger partial charge in [-0.15, -0.1) is 0 Å². The maximum atomic E-state index is 6.22. The third kappa shape index (κ3) is 4.41. The average Bonchev–Trinajstić information content (AvgIpc) is 2.74. The molecule has 0 amide bonds. The molecule has 1 aliphatic rings. The zero-order valence-electron chi connectivity index (χ0n) is 12.6. The Morgan fingerprint density at radius 2 is 1.90 bits per heavy atom. The standard InChI is InChI=1S/C17H27NO2/c1-2-11-19-16-10-9-14(13-18)17(12-16)20-15-7-5-3-4-6-8-15/h9-10,12,15H,2-8,11,13,18H2,1H3. The van der Waals surface area contributed by atoms with Crippen molar-refractivity contribution < 1.29 is 9.47 Å². The van der Waals surface area contributed by atoms with Gasteiger partial charge in [-0.05, 0) is 38.2 Å². The van der Waals surface area contributed by atoms with E-state index in [1.807, 2.05) is 18.2 Å². The van der Waals surface area contributed by atoms with Crippen LogP contribution in [-0.2, 0) is 6.54 Å². The Kier molecular flexibility index (Phi) is 6.19. The molecule has 1 aliphatic carbocycles. The third-order valence-corrected chi connectivity index (χ3v) is 3.83. The molecular formula is C17H27NO2. The van der Waals surface area contributed by atoms with Gasteiger partial charge in [-0.25, -0.2) is 0 Å². The van der Waals surface area contributed by atoms with Crippen LogP contribution in [0.25, 0.3) is 0 Å². The van der Waals surface area contributed by atoms with Gasteiger partial charge in [0.15, 0.2) is 0 Å². The van der Waals surface area contributed by atoms with E-state index in [0.29, 0.717) is 12.6 Å². The van der Waals surface area contributed by atoms with Crippen molar-refractivity contribution >= 4 is 0 Å². The van der Waals surface area contributed by atoms with Gasteiger partial charge < -0.3 is 15.2 Å². The second-order valence-electron chi connectivity index (χ2n) is 5.55. The van der Waals surface area contributed by atoms with Gasteiger partial charge in [0, 0.05) is 18.2 Å². The molecule has 0 bridgehead atoms. The van der Waals surface area contributed by atoms with Crippen molar-refractivity contribution in [2.75, 3.05) is 6.61 Å². The molecule has 0 unspecified atom stereocenters. The molecule has 0 atom stereocenters. The number of hydrogen-bond donors (Lipinski definition) is 1. The minimum atomic E-state index is 0.337. The number of ether oxygens (including phenoxy) is 2. The lowest BCUT2D eigenvalue weighted by atomic mass is 10.1. The van der Waals surface area contributed by atoms with E-state index in [-0.39, 0.29) is 0 Å². The molecule has 1 aromatic carbocycles. The van der Waals surface area contributed by atoms with Crippen molar-refractivity contribution in [2.24, 2.45) is 5.73 Å². The number of hydrogen-bond acceptors (Lipinski definition) is 3. The second-order valence-corrected chi connectivity index (χ2v) is 5.55. The molecule has 1 aromatic rings. The smallest absolute Gasteiger partial charge is 0.127 e. The topological polar surface area (TPSA) is 44.5 Å². The summed E-state index contributed by atoms with van der Waals surface area (Å²) in [5, 5.41) is 0. The Labute approximate surface area is 122 Å². The normalized spacial score (nSPS) is 16.7. The highest BCUT2D eigenvalue weighted by Gasteiger charge is 2.15. The molecule has 1 fully saturated rings. The summed E-state index contributed by atoms with van der Waals surface area (Å²) in [6.45, 7) is 3.36.